The molecule has 2 N–H and O–H groups in total. The third-order valence-electron chi connectivity index (χ3n) is 5.59. The normalized spacial score (nSPS) is 15.5. The monoisotopic (exact) mass is 404 g/mol. The summed E-state index contributed by atoms with van der Waals surface area (Å²) in [7, 11) is 0. The molecule has 6 nitrogen and oxygen atoms in total. The summed E-state index contributed by atoms with van der Waals surface area (Å²) < 4.78 is 2.05. The molecule has 0 spiro atoms. The molecule has 1 unspecified atom stereocenters. The smallest absolute Gasteiger partial charge is 0.191 e. The highest BCUT2D eigenvalue weighted by Crippen LogP contribution is 2.23. The fraction of sp³-hybridized carbons (Fsp3) is 0.417. The lowest BCUT2D eigenvalue weighted by Gasteiger charge is -2.22. The fourth-order valence-corrected chi connectivity index (χ4v) is 3.96. The van der Waals surface area contributed by atoms with Crippen molar-refractivity contribution in [3.8, 4) is 0 Å². The van der Waals surface area contributed by atoms with E-state index in [9.17, 15) is 0 Å². The second-order valence-electron chi connectivity index (χ2n) is 7.86. The summed E-state index contributed by atoms with van der Waals surface area (Å²) in [6, 6.07) is 15.1. The van der Waals surface area contributed by atoms with E-state index < -0.39 is 0 Å². The molecule has 1 aliphatic rings. The molecule has 6 heteroatoms. The van der Waals surface area contributed by atoms with Crippen LogP contribution in [0.1, 0.15) is 44.0 Å². The maximum Gasteiger partial charge on any atom is 0.191 e. The molecule has 1 aliphatic heterocycles. The van der Waals surface area contributed by atoms with E-state index in [0.717, 1.165) is 30.3 Å². The van der Waals surface area contributed by atoms with E-state index in [2.05, 4.69) is 69.2 Å². The quantitative estimate of drug-likeness (QED) is 0.465. The zero-order valence-corrected chi connectivity index (χ0v) is 18.0. The first-order valence-corrected chi connectivity index (χ1v) is 11.1. The SMILES string of the molecule is CCNC(=NCCc1cn2ccccc2n1)NC(C)c1cccc(N2CCCC2)c1. The van der Waals surface area contributed by atoms with Crippen molar-refractivity contribution in [3.63, 3.8) is 0 Å². The minimum Gasteiger partial charge on any atom is -0.372 e. The number of imidazole rings is 1. The van der Waals surface area contributed by atoms with Gasteiger partial charge in [-0.1, -0.05) is 18.2 Å². The van der Waals surface area contributed by atoms with Crippen LogP contribution in [0.3, 0.4) is 0 Å². The largest absolute Gasteiger partial charge is 0.372 e. The van der Waals surface area contributed by atoms with Gasteiger partial charge in [-0.25, -0.2) is 4.98 Å². The highest BCUT2D eigenvalue weighted by atomic mass is 15.2. The van der Waals surface area contributed by atoms with E-state index in [1.54, 1.807) is 0 Å². The number of guanidine groups is 1. The maximum absolute atomic E-state index is 4.78. The number of aromatic nitrogens is 2. The van der Waals surface area contributed by atoms with Gasteiger partial charge in [0.1, 0.15) is 5.65 Å². The number of hydrogen-bond acceptors (Lipinski definition) is 3. The zero-order valence-electron chi connectivity index (χ0n) is 18.0. The molecule has 0 bridgehead atoms. The number of fused-ring (bicyclic) bond motifs is 1. The molecular formula is C24H32N6. The Morgan fingerprint density at radius 2 is 2.03 bits per heavy atom. The Bertz CT molecular complexity index is 953. The van der Waals surface area contributed by atoms with Crippen LogP contribution in [0.2, 0.25) is 0 Å². The van der Waals surface area contributed by atoms with Crippen molar-refractivity contribution in [2.75, 3.05) is 31.1 Å². The first kappa shape index (κ1) is 20.3. The molecule has 1 saturated heterocycles. The molecule has 1 fully saturated rings. The van der Waals surface area contributed by atoms with Gasteiger partial charge in [0.25, 0.3) is 0 Å². The number of nitrogens with one attached hydrogen (secondary N) is 2. The molecule has 1 atom stereocenters. The molecule has 158 valence electrons. The molecule has 3 heterocycles. The summed E-state index contributed by atoms with van der Waals surface area (Å²) in [5.74, 6) is 0.848. The van der Waals surface area contributed by atoms with E-state index in [1.165, 1.54) is 37.2 Å². The molecule has 1 aromatic carbocycles. The topological polar surface area (TPSA) is 57.0 Å². The summed E-state index contributed by atoms with van der Waals surface area (Å²) in [5, 5.41) is 6.93. The van der Waals surface area contributed by atoms with Crippen LogP contribution in [0.25, 0.3) is 5.65 Å². The molecule has 0 amide bonds. The van der Waals surface area contributed by atoms with Gasteiger partial charge in [-0.15, -0.1) is 0 Å². The first-order valence-electron chi connectivity index (χ1n) is 11.1. The van der Waals surface area contributed by atoms with E-state index in [0.29, 0.717) is 6.54 Å². The summed E-state index contributed by atoms with van der Waals surface area (Å²) in [6.07, 6.45) is 7.51. The average molecular weight is 405 g/mol. The van der Waals surface area contributed by atoms with Crippen LogP contribution in [-0.2, 0) is 6.42 Å². The van der Waals surface area contributed by atoms with E-state index in [4.69, 9.17) is 4.99 Å². The Balaban J connectivity index is 1.39. The van der Waals surface area contributed by atoms with E-state index >= 15 is 0 Å². The van der Waals surface area contributed by atoms with Crippen LogP contribution in [0.4, 0.5) is 5.69 Å². The minimum absolute atomic E-state index is 0.181. The predicted octanol–water partition coefficient (Wildman–Crippen LogP) is 3.79. The van der Waals surface area contributed by atoms with Crippen LogP contribution in [0.5, 0.6) is 0 Å². The fourth-order valence-electron chi connectivity index (χ4n) is 3.96. The molecule has 0 aliphatic carbocycles. The molecule has 0 saturated carbocycles. The molecule has 3 aromatic rings. The Hall–Kier alpha value is -3.02. The van der Waals surface area contributed by atoms with Gasteiger partial charge in [0.05, 0.1) is 11.7 Å². The van der Waals surface area contributed by atoms with Crippen molar-refractivity contribution in [1.29, 1.82) is 0 Å². The molecule has 30 heavy (non-hydrogen) atoms. The summed E-state index contributed by atoms with van der Waals surface area (Å²) in [4.78, 5) is 11.9. The van der Waals surface area contributed by atoms with Gasteiger partial charge in [-0.05, 0) is 56.5 Å². The predicted molar refractivity (Wildman–Crippen MR) is 124 cm³/mol. The summed E-state index contributed by atoms with van der Waals surface area (Å²) >= 11 is 0. The molecule has 2 aromatic heterocycles. The van der Waals surface area contributed by atoms with Gasteiger partial charge in [0, 0.05) is 50.7 Å². The van der Waals surface area contributed by atoms with Crippen LogP contribution in [0.15, 0.2) is 59.9 Å². The lowest BCUT2D eigenvalue weighted by Crippen LogP contribution is -2.39. The Morgan fingerprint density at radius 3 is 2.83 bits per heavy atom. The summed E-state index contributed by atoms with van der Waals surface area (Å²) in [5.41, 5.74) is 4.65. The standard InChI is InChI=1S/C24H32N6/c1-3-25-24(26-13-12-21-18-30-16-5-4-11-23(30)28-21)27-19(2)20-9-8-10-22(17-20)29-14-6-7-15-29/h4-5,8-11,16-19H,3,6-7,12-15H2,1-2H3,(H2,25,26,27). The third-order valence-corrected chi connectivity index (χ3v) is 5.59. The highest BCUT2D eigenvalue weighted by molar-refractivity contribution is 5.80. The zero-order chi connectivity index (χ0) is 20.8. The highest BCUT2D eigenvalue weighted by Gasteiger charge is 2.14. The van der Waals surface area contributed by atoms with Crippen molar-refractivity contribution in [3.05, 3.63) is 66.1 Å². The second-order valence-corrected chi connectivity index (χ2v) is 7.86. The third kappa shape index (κ3) is 4.93. The van der Waals surface area contributed by atoms with Crippen molar-refractivity contribution in [2.24, 2.45) is 4.99 Å². The van der Waals surface area contributed by atoms with Crippen LogP contribution in [-0.4, -0.2) is 41.5 Å². The van der Waals surface area contributed by atoms with Gasteiger partial charge in [-0.2, -0.15) is 0 Å². The number of rotatable bonds is 7. The molecular weight excluding hydrogens is 372 g/mol. The number of nitrogens with zero attached hydrogens (tertiary/aromatic N) is 4. The van der Waals surface area contributed by atoms with Gasteiger partial charge in [0.15, 0.2) is 5.96 Å². The summed E-state index contributed by atoms with van der Waals surface area (Å²) in [6.45, 7) is 8.15. The van der Waals surface area contributed by atoms with E-state index in [1.807, 2.05) is 24.4 Å². The Labute approximate surface area is 179 Å². The van der Waals surface area contributed by atoms with Crippen LogP contribution in [0, 0.1) is 0 Å². The van der Waals surface area contributed by atoms with E-state index in [-0.39, 0.29) is 6.04 Å². The second kappa shape index (κ2) is 9.65. The van der Waals surface area contributed by atoms with Crippen molar-refractivity contribution in [2.45, 2.75) is 39.2 Å². The van der Waals surface area contributed by atoms with Crippen molar-refractivity contribution in [1.82, 2.24) is 20.0 Å². The minimum atomic E-state index is 0.181. The number of benzene rings is 1. The Kier molecular flexibility index (Phi) is 6.52. The lowest BCUT2D eigenvalue weighted by atomic mass is 10.1. The van der Waals surface area contributed by atoms with Crippen molar-refractivity contribution >= 4 is 17.3 Å². The van der Waals surface area contributed by atoms with Gasteiger partial charge in [-0.3, -0.25) is 4.99 Å². The van der Waals surface area contributed by atoms with Gasteiger partial charge in [0.2, 0.25) is 0 Å². The van der Waals surface area contributed by atoms with Gasteiger partial charge < -0.3 is 19.9 Å². The average Bonchev–Trinajstić information content (AvgIpc) is 3.43. The first-order chi connectivity index (χ1) is 14.7. The molecule has 4 rings (SSSR count). The number of aliphatic imine (C=N–C) groups is 1. The van der Waals surface area contributed by atoms with Gasteiger partial charge >= 0.3 is 0 Å². The van der Waals surface area contributed by atoms with Crippen LogP contribution >= 0.6 is 0 Å². The lowest BCUT2D eigenvalue weighted by molar-refractivity contribution is 0.685. The number of anilines is 1. The molecule has 0 radical (unpaired) electrons. The number of pyridine rings is 1. The van der Waals surface area contributed by atoms with Crippen LogP contribution < -0.4 is 15.5 Å². The Morgan fingerprint density at radius 1 is 1.17 bits per heavy atom. The number of hydrogen-bond donors (Lipinski definition) is 2. The van der Waals surface area contributed by atoms with Crippen molar-refractivity contribution < 1.29 is 0 Å². The maximum atomic E-state index is 4.78.